The summed E-state index contributed by atoms with van der Waals surface area (Å²) in [6.07, 6.45) is 5.29. The zero-order chi connectivity index (χ0) is 14.7. The maximum Gasteiger partial charge on any atom is 0.313 e. The van der Waals surface area contributed by atoms with Gasteiger partial charge >= 0.3 is 5.97 Å². The highest BCUT2D eigenvalue weighted by Crippen LogP contribution is 2.38. The Morgan fingerprint density at radius 2 is 2.15 bits per heavy atom. The quantitative estimate of drug-likeness (QED) is 0.663. The number of hydrogen-bond donors (Lipinski definition) is 1. The third-order valence-electron chi connectivity index (χ3n) is 4.03. The standard InChI is InChI=1S/C15H19BrFNO2/c1-20-15(19)12(6-9-4-2-3-5-9)11-7-10(17)8-13(16)14(11)18/h7-9,12H,2-6,18H2,1H3. The lowest BCUT2D eigenvalue weighted by molar-refractivity contribution is -0.142. The minimum atomic E-state index is -0.491. The lowest BCUT2D eigenvalue weighted by Gasteiger charge is -2.21. The highest BCUT2D eigenvalue weighted by atomic mass is 79.9. The minimum absolute atomic E-state index is 0.346. The number of methoxy groups -OCH3 is 1. The predicted octanol–water partition coefficient (Wildman–Crippen LogP) is 4.01. The Morgan fingerprint density at radius 3 is 2.75 bits per heavy atom. The van der Waals surface area contributed by atoms with E-state index in [9.17, 15) is 9.18 Å². The first kappa shape index (κ1) is 15.3. The van der Waals surface area contributed by atoms with Crippen molar-refractivity contribution in [1.82, 2.24) is 0 Å². The molecule has 0 spiro atoms. The highest BCUT2D eigenvalue weighted by Gasteiger charge is 2.29. The highest BCUT2D eigenvalue weighted by molar-refractivity contribution is 9.10. The maximum absolute atomic E-state index is 13.6. The van der Waals surface area contributed by atoms with E-state index in [-0.39, 0.29) is 5.97 Å². The van der Waals surface area contributed by atoms with Crippen LogP contribution in [0.15, 0.2) is 16.6 Å². The molecule has 0 aliphatic heterocycles. The third-order valence-corrected chi connectivity index (χ3v) is 4.69. The van der Waals surface area contributed by atoms with Crippen LogP contribution in [-0.4, -0.2) is 13.1 Å². The third kappa shape index (κ3) is 3.32. The van der Waals surface area contributed by atoms with Gasteiger partial charge in [0.2, 0.25) is 0 Å². The number of nitrogens with two attached hydrogens (primary N) is 1. The van der Waals surface area contributed by atoms with Crippen molar-refractivity contribution in [2.45, 2.75) is 38.0 Å². The van der Waals surface area contributed by atoms with Crippen LogP contribution < -0.4 is 5.73 Å². The average Bonchev–Trinajstić information content (AvgIpc) is 2.92. The summed E-state index contributed by atoms with van der Waals surface area (Å²) in [5.41, 5.74) is 6.94. The predicted molar refractivity (Wildman–Crippen MR) is 79.8 cm³/mol. The molecule has 2 N–H and O–H groups in total. The Bertz CT molecular complexity index is 501. The van der Waals surface area contributed by atoms with Crippen LogP contribution in [0.2, 0.25) is 0 Å². The molecule has 1 aliphatic rings. The van der Waals surface area contributed by atoms with E-state index in [4.69, 9.17) is 10.5 Å². The van der Waals surface area contributed by atoms with Crippen LogP contribution in [0.1, 0.15) is 43.6 Å². The molecule has 1 aromatic rings. The molecular formula is C15H19BrFNO2. The van der Waals surface area contributed by atoms with Crippen molar-refractivity contribution < 1.29 is 13.9 Å². The molecule has 5 heteroatoms. The molecule has 2 rings (SSSR count). The molecule has 0 radical (unpaired) electrons. The summed E-state index contributed by atoms with van der Waals surface area (Å²) < 4.78 is 19.0. The van der Waals surface area contributed by atoms with Gasteiger partial charge < -0.3 is 10.5 Å². The second-order valence-corrected chi connectivity index (χ2v) is 6.21. The van der Waals surface area contributed by atoms with Gasteiger partial charge in [-0.3, -0.25) is 4.79 Å². The molecule has 1 fully saturated rings. The Balaban J connectivity index is 2.32. The summed E-state index contributed by atoms with van der Waals surface area (Å²) in [4.78, 5) is 12.1. The van der Waals surface area contributed by atoms with Crippen LogP contribution in [-0.2, 0) is 9.53 Å². The number of nitrogen functional groups attached to an aromatic ring is 1. The zero-order valence-electron chi connectivity index (χ0n) is 11.5. The van der Waals surface area contributed by atoms with Gasteiger partial charge in [0.1, 0.15) is 5.82 Å². The molecule has 0 amide bonds. The van der Waals surface area contributed by atoms with Gasteiger partial charge in [-0.05, 0) is 46.0 Å². The fourth-order valence-electron chi connectivity index (χ4n) is 2.96. The molecule has 1 saturated carbocycles. The van der Waals surface area contributed by atoms with Crippen LogP contribution in [0, 0.1) is 11.7 Å². The number of benzene rings is 1. The molecule has 0 heterocycles. The molecule has 1 aliphatic carbocycles. The number of carbonyl (C=O) groups excluding carboxylic acids is 1. The van der Waals surface area contributed by atoms with Crippen molar-refractivity contribution in [3.05, 3.63) is 28.0 Å². The molecule has 1 atom stereocenters. The van der Waals surface area contributed by atoms with Crippen LogP contribution in [0.4, 0.5) is 10.1 Å². The van der Waals surface area contributed by atoms with Gasteiger partial charge in [-0.15, -0.1) is 0 Å². The van der Waals surface area contributed by atoms with Gasteiger partial charge in [-0.2, -0.15) is 0 Å². The van der Waals surface area contributed by atoms with Crippen LogP contribution in [0.25, 0.3) is 0 Å². The Morgan fingerprint density at radius 1 is 1.50 bits per heavy atom. The molecule has 20 heavy (non-hydrogen) atoms. The molecule has 3 nitrogen and oxygen atoms in total. The van der Waals surface area contributed by atoms with E-state index < -0.39 is 11.7 Å². The molecule has 110 valence electrons. The van der Waals surface area contributed by atoms with Crippen molar-refractivity contribution in [2.75, 3.05) is 12.8 Å². The normalized spacial score (nSPS) is 17.1. The number of hydrogen-bond acceptors (Lipinski definition) is 3. The Labute approximate surface area is 126 Å². The van der Waals surface area contributed by atoms with E-state index in [1.165, 1.54) is 32.1 Å². The second kappa shape index (κ2) is 6.57. The first-order chi connectivity index (χ1) is 9.52. The lowest BCUT2D eigenvalue weighted by Crippen LogP contribution is -2.19. The van der Waals surface area contributed by atoms with E-state index in [0.29, 0.717) is 28.1 Å². The minimum Gasteiger partial charge on any atom is -0.469 e. The fraction of sp³-hybridized carbons (Fsp3) is 0.533. The van der Waals surface area contributed by atoms with Crippen molar-refractivity contribution in [1.29, 1.82) is 0 Å². The topological polar surface area (TPSA) is 52.3 Å². The monoisotopic (exact) mass is 343 g/mol. The largest absolute Gasteiger partial charge is 0.469 e. The summed E-state index contributed by atoms with van der Waals surface area (Å²) in [6, 6.07) is 2.65. The van der Waals surface area contributed by atoms with E-state index in [0.717, 1.165) is 12.8 Å². The number of ether oxygens (including phenoxy) is 1. The van der Waals surface area contributed by atoms with Gasteiger partial charge in [0.15, 0.2) is 0 Å². The number of carbonyl (C=O) groups is 1. The molecular weight excluding hydrogens is 325 g/mol. The molecule has 1 unspecified atom stereocenters. The summed E-state index contributed by atoms with van der Waals surface area (Å²) in [5, 5.41) is 0. The van der Waals surface area contributed by atoms with E-state index in [1.54, 1.807) is 0 Å². The van der Waals surface area contributed by atoms with E-state index in [1.807, 2.05) is 0 Å². The first-order valence-electron chi connectivity index (χ1n) is 6.85. The number of esters is 1. The Hall–Kier alpha value is -1.10. The Kier molecular flexibility index (Phi) is 5.02. The molecule has 0 saturated heterocycles. The van der Waals surface area contributed by atoms with Gasteiger partial charge in [-0.25, -0.2) is 4.39 Å². The van der Waals surface area contributed by atoms with Crippen LogP contribution in [0.5, 0.6) is 0 Å². The van der Waals surface area contributed by atoms with Gasteiger partial charge in [-0.1, -0.05) is 25.7 Å². The number of anilines is 1. The summed E-state index contributed by atoms with van der Waals surface area (Å²) in [7, 11) is 1.36. The number of rotatable bonds is 4. The van der Waals surface area contributed by atoms with Crippen molar-refractivity contribution >= 4 is 27.6 Å². The molecule has 0 aromatic heterocycles. The van der Waals surface area contributed by atoms with Gasteiger partial charge in [0.25, 0.3) is 0 Å². The second-order valence-electron chi connectivity index (χ2n) is 5.35. The smallest absolute Gasteiger partial charge is 0.313 e. The summed E-state index contributed by atoms with van der Waals surface area (Å²) in [6.45, 7) is 0. The average molecular weight is 344 g/mol. The molecule has 1 aromatic carbocycles. The lowest BCUT2D eigenvalue weighted by atomic mass is 9.87. The van der Waals surface area contributed by atoms with Crippen LogP contribution >= 0.6 is 15.9 Å². The van der Waals surface area contributed by atoms with Crippen molar-refractivity contribution in [3.8, 4) is 0 Å². The zero-order valence-corrected chi connectivity index (χ0v) is 13.1. The fourth-order valence-corrected chi connectivity index (χ4v) is 3.41. The van der Waals surface area contributed by atoms with Gasteiger partial charge in [0.05, 0.1) is 18.7 Å². The number of halogens is 2. The molecule has 0 bridgehead atoms. The van der Waals surface area contributed by atoms with E-state index >= 15 is 0 Å². The van der Waals surface area contributed by atoms with E-state index in [2.05, 4.69) is 15.9 Å². The SMILES string of the molecule is COC(=O)C(CC1CCCC1)c1cc(F)cc(Br)c1N. The van der Waals surface area contributed by atoms with Gasteiger partial charge in [0, 0.05) is 4.47 Å². The van der Waals surface area contributed by atoms with Crippen molar-refractivity contribution in [3.63, 3.8) is 0 Å². The first-order valence-corrected chi connectivity index (χ1v) is 7.64. The summed E-state index contributed by atoms with van der Waals surface area (Å²) >= 11 is 3.23. The maximum atomic E-state index is 13.6. The van der Waals surface area contributed by atoms with Crippen molar-refractivity contribution in [2.24, 2.45) is 5.92 Å². The van der Waals surface area contributed by atoms with Crippen LogP contribution in [0.3, 0.4) is 0 Å². The summed E-state index contributed by atoms with van der Waals surface area (Å²) in [5.74, 6) is -0.752.